The Bertz CT molecular complexity index is 627. The first-order valence-corrected chi connectivity index (χ1v) is 6.81. The molecule has 94 valence electrons. The van der Waals surface area contributed by atoms with Gasteiger partial charge in [0.05, 0.1) is 0 Å². The highest BCUT2D eigenvalue weighted by atomic mass is 32.2. The lowest BCUT2D eigenvalue weighted by Gasteiger charge is -2.08. The molecule has 2 aromatic rings. The number of para-hydroxylation sites is 1. The van der Waals surface area contributed by atoms with Crippen LogP contribution in [0.25, 0.3) is 0 Å². The lowest BCUT2D eigenvalue weighted by Crippen LogP contribution is -2.23. The molecule has 1 heterocycles. The zero-order chi connectivity index (χ0) is 13.0. The molecule has 0 saturated carbocycles. The number of nitrogens with one attached hydrogen (secondary N) is 1. The number of hydrogen-bond donors (Lipinski definition) is 2. The number of nitrogens with two attached hydrogens (primary N) is 1. The number of sulfonamides is 1. The quantitative estimate of drug-likeness (QED) is 0.810. The molecule has 0 fully saturated rings. The summed E-state index contributed by atoms with van der Waals surface area (Å²) in [4.78, 5) is 3.92. The average Bonchev–Trinajstić information content (AvgIpc) is 2.39. The Kier molecular flexibility index (Phi) is 3.59. The van der Waals surface area contributed by atoms with Crippen molar-refractivity contribution in [2.24, 2.45) is 0 Å². The summed E-state index contributed by atoms with van der Waals surface area (Å²) in [6, 6.07) is 10.2. The fourth-order valence-electron chi connectivity index (χ4n) is 1.46. The van der Waals surface area contributed by atoms with E-state index in [0.29, 0.717) is 5.69 Å². The number of anilines is 1. The van der Waals surface area contributed by atoms with Crippen LogP contribution in [-0.4, -0.2) is 13.4 Å². The Morgan fingerprint density at radius 2 is 1.94 bits per heavy atom. The molecule has 0 amide bonds. The summed E-state index contributed by atoms with van der Waals surface area (Å²) in [6.07, 6.45) is 2.82. The van der Waals surface area contributed by atoms with Crippen LogP contribution in [0.1, 0.15) is 5.56 Å². The standard InChI is InChI=1S/C12H13N3O2S/c13-12-6-2-1-4-10(12)8-15-18(16,17)11-5-3-7-14-9-11/h1-7,9,15H,8,13H2. The smallest absolute Gasteiger partial charge is 0.242 e. The van der Waals surface area contributed by atoms with Crippen molar-refractivity contribution in [3.8, 4) is 0 Å². The van der Waals surface area contributed by atoms with Gasteiger partial charge in [0.25, 0.3) is 0 Å². The van der Waals surface area contributed by atoms with Gasteiger partial charge < -0.3 is 5.73 Å². The minimum atomic E-state index is -3.54. The fourth-order valence-corrected chi connectivity index (χ4v) is 2.43. The number of nitrogen functional groups attached to an aromatic ring is 1. The Morgan fingerprint density at radius 3 is 2.61 bits per heavy atom. The van der Waals surface area contributed by atoms with E-state index in [9.17, 15) is 8.42 Å². The summed E-state index contributed by atoms with van der Waals surface area (Å²) >= 11 is 0. The van der Waals surface area contributed by atoms with Crippen LogP contribution in [0.5, 0.6) is 0 Å². The van der Waals surface area contributed by atoms with Crippen molar-refractivity contribution in [1.82, 2.24) is 9.71 Å². The van der Waals surface area contributed by atoms with Crippen LogP contribution < -0.4 is 10.5 Å². The monoisotopic (exact) mass is 263 g/mol. The van der Waals surface area contributed by atoms with E-state index in [2.05, 4.69) is 9.71 Å². The largest absolute Gasteiger partial charge is 0.398 e. The molecule has 2 rings (SSSR count). The molecule has 5 nitrogen and oxygen atoms in total. The number of nitrogens with zero attached hydrogens (tertiary/aromatic N) is 1. The molecule has 0 radical (unpaired) electrons. The number of rotatable bonds is 4. The van der Waals surface area contributed by atoms with Gasteiger partial charge >= 0.3 is 0 Å². The maximum Gasteiger partial charge on any atom is 0.242 e. The molecule has 0 bridgehead atoms. The SMILES string of the molecule is Nc1ccccc1CNS(=O)(=O)c1cccnc1. The predicted molar refractivity (Wildman–Crippen MR) is 69.1 cm³/mol. The third-order valence-electron chi connectivity index (χ3n) is 2.45. The molecule has 0 unspecified atom stereocenters. The molecular formula is C12H13N3O2S. The zero-order valence-corrected chi connectivity index (χ0v) is 10.4. The zero-order valence-electron chi connectivity index (χ0n) is 9.58. The third kappa shape index (κ3) is 2.85. The van der Waals surface area contributed by atoms with E-state index < -0.39 is 10.0 Å². The van der Waals surface area contributed by atoms with Crippen LogP contribution in [0.2, 0.25) is 0 Å². The van der Waals surface area contributed by atoms with Crippen LogP contribution in [0, 0.1) is 0 Å². The fraction of sp³-hybridized carbons (Fsp3) is 0.0833. The van der Waals surface area contributed by atoms with Crippen LogP contribution >= 0.6 is 0 Å². The average molecular weight is 263 g/mol. The predicted octanol–water partition coefficient (Wildman–Crippen LogP) is 1.14. The van der Waals surface area contributed by atoms with Gasteiger partial charge in [0.15, 0.2) is 0 Å². The highest BCUT2D eigenvalue weighted by Crippen LogP contribution is 2.12. The molecule has 0 aliphatic carbocycles. The number of benzene rings is 1. The number of hydrogen-bond acceptors (Lipinski definition) is 4. The van der Waals surface area contributed by atoms with Gasteiger partial charge in [0, 0.05) is 24.6 Å². The molecule has 18 heavy (non-hydrogen) atoms. The van der Waals surface area contributed by atoms with E-state index in [0.717, 1.165) is 5.56 Å². The van der Waals surface area contributed by atoms with Crippen LogP contribution in [0.3, 0.4) is 0 Å². The van der Waals surface area contributed by atoms with Gasteiger partial charge in [-0.2, -0.15) is 0 Å². The second kappa shape index (κ2) is 5.16. The van der Waals surface area contributed by atoms with E-state index >= 15 is 0 Å². The summed E-state index contributed by atoms with van der Waals surface area (Å²) in [5.74, 6) is 0. The minimum Gasteiger partial charge on any atom is -0.398 e. The first-order chi connectivity index (χ1) is 8.59. The third-order valence-corrected chi connectivity index (χ3v) is 3.84. The molecule has 0 aliphatic heterocycles. The Hall–Kier alpha value is -1.92. The second-order valence-electron chi connectivity index (χ2n) is 3.71. The van der Waals surface area contributed by atoms with Crippen LogP contribution in [-0.2, 0) is 16.6 Å². The highest BCUT2D eigenvalue weighted by Gasteiger charge is 2.13. The van der Waals surface area contributed by atoms with Gasteiger partial charge in [-0.3, -0.25) is 4.98 Å². The van der Waals surface area contributed by atoms with Gasteiger partial charge in [-0.05, 0) is 23.8 Å². The lowest BCUT2D eigenvalue weighted by atomic mass is 10.2. The Labute approximate surface area is 106 Å². The molecule has 0 saturated heterocycles. The van der Waals surface area contributed by atoms with Crippen molar-refractivity contribution in [2.75, 3.05) is 5.73 Å². The van der Waals surface area contributed by atoms with E-state index in [1.54, 1.807) is 24.3 Å². The van der Waals surface area contributed by atoms with Gasteiger partial charge in [-0.1, -0.05) is 18.2 Å². The molecule has 0 spiro atoms. The molecule has 1 aromatic carbocycles. The lowest BCUT2D eigenvalue weighted by molar-refractivity contribution is 0.581. The summed E-state index contributed by atoms with van der Waals surface area (Å²) in [5, 5.41) is 0. The highest BCUT2D eigenvalue weighted by molar-refractivity contribution is 7.89. The summed E-state index contributed by atoms with van der Waals surface area (Å²) in [5.41, 5.74) is 7.04. The van der Waals surface area contributed by atoms with E-state index in [1.165, 1.54) is 18.5 Å². The van der Waals surface area contributed by atoms with Gasteiger partial charge in [-0.25, -0.2) is 13.1 Å². The van der Waals surface area contributed by atoms with Gasteiger partial charge in [0.1, 0.15) is 4.90 Å². The molecule has 0 atom stereocenters. The van der Waals surface area contributed by atoms with Crippen molar-refractivity contribution in [1.29, 1.82) is 0 Å². The van der Waals surface area contributed by atoms with Gasteiger partial charge in [0.2, 0.25) is 10.0 Å². The minimum absolute atomic E-state index is 0.138. The van der Waals surface area contributed by atoms with Crippen LogP contribution in [0.15, 0.2) is 53.7 Å². The summed E-state index contributed by atoms with van der Waals surface area (Å²) in [6.45, 7) is 0.157. The maximum atomic E-state index is 11.9. The van der Waals surface area contributed by atoms with Crippen molar-refractivity contribution in [3.63, 3.8) is 0 Å². The summed E-state index contributed by atoms with van der Waals surface area (Å²) in [7, 11) is -3.54. The number of aromatic nitrogens is 1. The van der Waals surface area contributed by atoms with Crippen molar-refractivity contribution >= 4 is 15.7 Å². The second-order valence-corrected chi connectivity index (χ2v) is 5.48. The van der Waals surface area contributed by atoms with Gasteiger partial charge in [-0.15, -0.1) is 0 Å². The molecule has 6 heteroatoms. The topological polar surface area (TPSA) is 85.1 Å². The Balaban J connectivity index is 2.14. The van der Waals surface area contributed by atoms with E-state index in [4.69, 9.17) is 5.73 Å². The first kappa shape index (κ1) is 12.5. The molecule has 1 aromatic heterocycles. The first-order valence-electron chi connectivity index (χ1n) is 5.33. The normalized spacial score (nSPS) is 11.3. The van der Waals surface area contributed by atoms with Crippen molar-refractivity contribution in [3.05, 3.63) is 54.4 Å². The molecule has 0 aliphatic rings. The van der Waals surface area contributed by atoms with Crippen molar-refractivity contribution in [2.45, 2.75) is 11.4 Å². The van der Waals surface area contributed by atoms with Crippen molar-refractivity contribution < 1.29 is 8.42 Å². The maximum absolute atomic E-state index is 11.9. The molecular weight excluding hydrogens is 250 g/mol. The number of pyridine rings is 1. The Morgan fingerprint density at radius 1 is 1.17 bits per heavy atom. The summed E-state index contributed by atoms with van der Waals surface area (Å²) < 4.78 is 26.3. The van der Waals surface area contributed by atoms with E-state index in [-0.39, 0.29) is 11.4 Å². The van der Waals surface area contributed by atoms with E-state index in [1.807, 2.05) is 6.07 Å². The molecule has 3 N–H and O–H groups in total. The van der Waals surface area contributed by atoms with Crippen LogP contribution in [0.4, 0.5) is 5.69 Å².